The Labute approximate surface area is 171 Å². The molecule has 1 heterocycles. The molecule has 1 fully saturated rings. The molecule has 0 saturated carbocycles. The van der Waals surface area contributed by atoms with Crippen LogP contribution >= 0.6 is 24.0 Å². The first kappa shape index (κ1) is 22.9. The zero-order valence-electron chi connectivity index (χ0n) is 15.6. The lowest BCUT2D eigenvalue weighted by atomic mass is 9.95. The Morgan fingerprint density at radius 3 is 2.46 bits per heavy atom. The summed E-state index contributed by atoms with van der Waals surface area (Å²) in [5.74, 6) is -0.0385. The number of rotatable bonds is 5. The maximum absolute atomic E-state index is 13.9. The molecule has 26 heavy (non-hydrogen) atoms. The Bertz CT molecular complexity index is 605. The fourth-order valence-corrected chi connectivity index (χ4v) is 2.65. The number of hydrogen-bond donors (Lipinski definition) is 2. The molecule has 0 amide bonds. The third kappa shape index (κ3) is 6.22. The maximum Gasteiger partial charge on any atom is 0.194 e. The van der Waals surface area contributed by atoms with Crippen LogP contribution in [0.5, 0.6) is 0 Å². The second-order valence-electron chi connectivity index (χ2n) is 7.06. The van der Waals surface area contributed by atoms with Crippen molar-refractivity contribution in [3.8, 4) is 0 Å². The van der Waals surface area contributed by atoms with Gasteiger partial charge in [0, 0.05) is 50.8 Å². The predicted molar refractivity (Wildman–Crippen MR) is 112 cm³/mol. The number of guanidine groups is 1. The molecule has 1 saturated heterocycles. The van der Waals surface area contributed by atoms with Gasteiger partial charge in [0.05, 0.1) is 12.2 Å². The molecule has 0 unspecified atom stereocenters. The zero-order chi connectivity index (χ0) is 18.4. The predicted octanol–water partition coefficient (Wildman–Crippen LogP) is 2.69. The van der Waals surface area contributed by atoms with E-state index in [1.807, 2.05) is 25.7 Å². The molecule has 1 aromatic carbocycles. The summed E-state index contributed by atoms with van der Waals surface area (Å²) in [6.07, 6.45) is 0. The molecule has 2 N–H and O–H groups in total. The number of nitrogens with one attached hydrogen (secondary N) is 1. The normalized spacial score (nSPS) is 15.7. The number of aliphatic hydroxyl groups is 1. The number of halogens is 3. The number of nitrogens with zero attached hydrogens (tertiary/aromatic N) is 3. The minimum absolute atomic E-state index is 0. The number of hydrogen-bond acceptors (Lipinski definition) is 3. The van der Waals surface area contributed by atoms with E-state index in [-0.39, 0.29) is 36.0 Å². The van der Waals surface area contributed by atoms with Gasteiger partial charge in [0.15, 0.2) is 5.96 Å². The summed E-state index contributed by atoms with van der Waals surface area (Å²) in [6.45, 7) is 9.79. The Hall–Kier alpha value is -1.16. The molecular weight excluding hydrogens is 453 g/mol. The summed E-state index contributed by atoms with van der Waals surface area (Å²) >= 11 is 0. The molecule has 0 atom stereocenters. The van der Waals surface area contributed by atoms with E-state index in [1.165, 1.54) is 12.1 Å². The van der Waals surface area contributed by atoms with Crippen LogP contribution in [-0.4, -0.2) is 61.8 Å². The van der Waals surface area contributed by atoms with Gasteiger partial charge in [-0.25, -0.2) is 8.78 Å². The van der Waals surface area contributed by atoms with Gasteiger partial charge in [0.25, 0.3) is 0 Å². The smallest absolute Gasteiger partial charge is 0.194 e. The first-order valence-corrected chi connectivity index (χ1v) is 8.70. The Morgan fingerprint density at radius 2 is 1.88 bits per heavy atom. The van der Waals surface area contributed by atoms with Crippen molar-refractivity contribution in [3.05, 3.63) is 29.8 Å². The van der Waals surface area contributed by atoms with Gasteiger partial charge in [-0.1, -0.05) is 13.8 Å². The molecule has 148 valence electrons. The summed E-state index contributed by atoms with van der Waals surface area (Å²) in [5.41, 5.74) is 0.0377. The van der Waals surface area contributed by atoms with E-state index in [4.69, 9.17) is 0 Å². The lowest BCUT2D eigenvalue weighted by molar-refractivity contribution is 0.166. The van der Waals surface area contributed by atoms with Gasteiger partial charge in [-0.2, -0.15) is 0 Å². The molecule has 0 radical (unpaired) electrons. The van der Waals surface area contributed by atoms with E-state index in [9.17, 15) is 13.9 Å². The average molecular weight is 482 g/mol. The van der Waals surface area contributed by atoms with Crippen molar-refractivity contribution in [1.29, 1.82) is 0 Å². The van der Waals surface area contributed by atoms with Crippen LogP contribution in [-0.2, 0) is 0 Å². The summed E-state index contributed by atoms with van der Waals surface area (Å²) in [5, 5.41) is 12.6. The fourth-order valence-electron chi connectivity index (χ4n) is 2.65. The maximum atomic E-state index is 13.9. The van der Waals surface area contributed by atoms with Gasteiger partial charge in [0.1, 0.15) is 11.6 Å². The quantitative estimate of drug-likeness (QED) is 0.385. The molecule has 2 rings (SSSR count). The van der Waals surface area contributed by atoms with Crippen molar-refractivity contribution in [2.45, 2.75) is 20.8 Å². The molecule has 0 aliphatic carbocycles. The van der Waals surface area contributed by atoms with Gasteiger partial charge in [-0.3, -0.25) is 4.99 Å². The molecule has 8 heteroatoms. The Kier molecular flexibility index (Phi) is 9.02. The van der Waals surface area contributed by atoms with Crippen molar-refractivity contribution in [1.82, 2.24) is 10.2 Å². The molecule has 0 bridgehead atoms. The Morgan fingerprint density at radius 1 is 1.23 bits per heavy atom. The van der Waals surface area contributed by atoms with E-state index in [0.717, 1.165) is 18.6 Å². The van der Waals surface area contributed by atoms with Crippen LogP contribution in [0.2, 0.25) is 0 Å². The number of aliphatic imine (C=N–C) groups is 1. The fraction of sp³-hybridized carbons (Fsp3) is 0.611. The number of piperazine rings is 1. The summed E-state index contributed by atoms with van der Waals surface area (Å²) < 4.78 is 27.3. The zero-order valence-corrected chi connectivity index (χ0v) is 18.0. The number of anilines is 1. The topological polar surface area (TPSA) is 51.1 Å². The van der Waals surface area contributed by atoms with Crippen molar-refractivity contribution in [2.75, 3.05) is 50.8 Å². The lowest BCUT2D eigenvalue weighted by Gasteiger charge is -2.38. The second-order valence-corrected chi connectivity index (χ2v) is 7.06. The van der Waals surface area contributed by atoms with E-state index < -0.39 is 11.6 Å². The summed E-state index contributed by atoms with van der Waals surface area (Å²) in [4.78, 5) is 8.60. The average Bonchev–Trinajstić information content (AvgIpc) is 2.61. The third-order valence-electron chi connectivity index (χ3n) is 4.25. The van der Waals surface area contributed by atoms with Gasteiger partial charge >= 0.3 is 0 Å². The first-order valence-electron chi connectivity index (χ1n) is 8.70. The molecule has 5 nitrogen and oxygen atoms in total. The van der Waals surface area contributed by atoms with Crippen molar-refractivity contribution < 1.29 is 13.9 Å². The highest BCUT2D eigenvalue weighted by Crippen LogP contribution is 2.22. The second kappa shape index (κ2) is 10.2. The monoisotopic (exact) mass is 482 g/mol. The first-order chi connectivity index (χ1) is 11.9. The van der Waals surface area contributed by atoms with E-state index >= 15 is 0 Å². The highest BCUT2D eigenvalue weighted by Gasteiger charge is 2.23. The molecule has 1 aliphatic heterocycles. The minimum Gasteiger partial charge on any atom is -0.396 e. The molecule has 1 aliphatic rings. The SMILES string of the molecule is CCNC(=NCC(C)(C)CO)N1CCN(c2cc(F)ccc2F)CC1.I. The van der Waals surface area contributed by atoms with Crippen LogP contribution in [0.1, 0.15) is 20.8 Å². The molecular formula is C18H29F2IN4O. The molecule has 1 aromatic rings. The molecule has 0 aromatic heterocycles. The van der Waals surface area contributed by atoms with Crippen molar-refractivity contribution >= 4 is 35.6 Å². The Balaban J connectivity index is 0.00000338. The number of benzene rings is 1. The third-order valence-corrected chi connectivity index (χ3v) is 4.25. The summed E-state index contributed by atoms with van der Waals surface area (Å²) in [6, 6.07) is 3.54. The highest BCUT2D eigenvalue weighted by molar-refractivity contribution is 14.0. The van der Waals surface area contributed by atoms with Gasteiger partial charge < -0.3 is 20.2 Å². The minimum atomic E-state index is -0.431. The van der Waals surface area contributed by atoms with Crippen LogP contribution in [0.15, 0.2) is 23.2 Å². The van der Waals surface area contributed by atoms with Gasteiger partial charge in [0.2, 0.25) is 0 Å². The van der Waals surface area contributed by atoms with Gasteiger partial charge in [-0.15, -0.1) is 24.0 Å². The standard InChI is InChI=1S/C18H28F2N4O.HI/c1-4-21-17(22-12-18(2,3)13-25)24-9-7-23(8-10-24)16-11-14(19)5-6-15(16)20;/h5-6,11,25H,4,7-10,12-13H2,1-3H3,(H,21,22);1H. The van der Waals surface area contributed by atoms with E-state index in [1.54, 1.807) is 0 Å². The van der Waals surface area contributed by atoms with Crippen molar-refractivity contribution in [2.24, 2.45) is 10.4 Å². The van der Waals surface area contributed by atoms with Crippen LogP contribution in [0.25, 0.3) is 0 Å². The van der Waals surface area contributed by atoms with Gasteiger partial charge in [-0.05, 0) is 19.1 Å². The number of aliphatic hydroxyl groups excluding tert-OH is 1. The highest BCUT2D eigenvalue weighted by atomic mass is 127. The van der Waals surface area contributed by atoms with E-state index in [2.05, 4.69) is 15.2 Å². The lowest BCUT2D eigenvalue weighted by Crippen LogP contribution is -2.53. The van der Waals surface area contributed by atoms with Crippen molar-refractivity contribution in [3.63, 3.8) is 0 Å². The summed E-state index contributed by atoms with van der Waals surface area (Å²) in [7, 11) is 0. The van der Waals surface area contributed by atoms with Crippen LogP contribution in [0.3, 0.4) is 0 Å². The molecule has 0 spiro atoms. The van der Waals surface area contributed by atoms with Crippen LogP contribution < -0.4 is 10.2 Å². The largest absolute Gasteiger partial charge is 0.396 e. The van der Waals surface area contributed by atoms with E-state index in [0.29, 0.717) is 38.4 Å². The van der Waals surface area contributed by atoms with Crippen LogP contribution in [0.4, 0.5) is 14.5 Å². The van der Waals surface area contributed by atoms with Crippen LogP contribution in [0, 0.1) is 17.0 Å².